The molecule has 6 amide bonds. The maximum atomic E-state index is 15.8. The topological polar surface area (TPSA) is 241 Å². The molecule has 21 heteroatoms. The molecule has 3 aliphatic rings. The summed E-state index contributed by atoms with van der Waals surface area (Å²) >= 11 is 0. The fraction of sp³-hybridized carbons (Fsp3) is 0.388. The first-order chi connectivity index (χ1) is 33.8. The molecule has 8 rings (SSSR count). The Morgan fingerprint density at radius 1 is 0.886 bits per heavy atom. The van der Waals surface area contributed by atoms with E-state index in [1.54, 1.807) is 53.0 Å². The molecule has 1 unspecified atom stereocenters. The van der Waals surface area contributed by atoms with Gasteiger partial charge in [-0.05, 0) is 48.4 Å². The number of fused-ring (bicyclic) bond motifs is 2. The lowest BCUT2D eigenvalue weighted by molar-refractivity contribution is -0.136. The minimum absolute atomic E-state index is 0.0391. The third-order valence-electron chi connectivity index (χ3n) is 12.3. The number of aryl methyl sites for hydroxylation is 1. The number of carbonyl (C=O) groups excluding carboxylic acids is 7. The summed E-state index contributed by atoms with van der Waals surface area (Å²) < 4.78 is 42.1. The van der Waals surface area contributed by atoms with Crippen molar-refractivity contribution >= 4 is 58.1 Å². The van der Waals surface area contributed by atoms with Crippen LogP contribution in [0.3, 0.4) is 0 Å². The van der Waals surface area contributed by atoms with Crippen LogP contribution in [0.15, 0.2) is 67.1 Å². The van der Waals surface area contributed by atoms with Gasteiger partial charge in [0, 0.05) is 88.1 Å². The first-order valence-electron chi connectivity index (χ1n) is 23.0. The van der Waals surface area contributed by atoms with Crippen LogP contribution < -0.4 is 20.7 Å². The molecular weight excluding hydrogens is 912 g/mol. The molecule has 2 aromatic carbocycles. The summed E-state index contributed by atoms with van der Waals surface area (Å²) in [5.41, 5.74) is 2.41. The molecule has 4 N–H and O–H groups in total. The normalized spacial score (nSPS) is 16.2. The van der Waals surface area contributed by atoms with E-state index in [0.717, 1.165) is 4.90 Å². The monoisotopic (exact) mass is 964 g/mol. The average molecular weight is 965 g/mol. The number of nitrogens with one attached hydrogen (secondary N) is 3. The Kier molecular flexibility index (Phi) is 15.4. The molecular formula is C49H53FN8O12. The molecule has 0 aliphatic carbocycles. The van der Waals surface area contributed by atoms with Gasteiger partial charge in [0.2, 0.25) is 17.7 Å². The number of ether oxygens (including phenoxy) is 4. The van der Waals surface area contributed by atoms with E-state index in [-0.39, 0.29) is 90.5 Å². The van der Waals surface area contributed by atoms with Crippen molar-refractivity contribution in [2.45, 2.75) is 57.8 Å². The van der Waals surface area contributed by atoms with Crippen molar-refractivity contribution in [1.82, 2.24) is 29.3 Å². The van der Waals surface area contributed by atoms with E-state index < -0.39 is 48.0 Å². The van der Waals surface area contributed by atoms with Crippen LogP contribution in [0.4, 0.5) is 15.8 Å². The van der Waals surface area contributed by atoms with Gasteiger partial charge in [0.25, 0.3) is 17.7 Å². The lowest BCUT2D eigenvalue weighted by Gasteiger charge is -2.32. The molecule has 20 nitrogen and oxygen atoms in total. The van der Waals surface area contributed by atoms with E-state index in [4.69, 9.17) is 18.9 Å². The second-order valence-electron chi connectivity index (χ2n) is 17.0. The van der Waals surface area contributed by atoms with Gasteiger partial charge in [0.1, 0.15) is 17.9 Å². The number of hydrogen-bond donors (Lipinski definition) is 4. The van der Waals surface area contributed by atoms with Crippen molar-refractivity contribution in [2.75, 3.05) is 69.9 Å². The number of aromatic nitrogens is 3. The van der Waals surface area contributed by atoms with Gasteiger partial charge >= 0.3 is 0 Å². The number of benzene rings is 2. The zero-order valence-electron chi connectivity index (χ0n) is 38.7. The zero-order chi connectivity index (χ0) is 49.5. The van der Waals surface area contributed by atoms with E-state index in [0.29, 0.717) is 80.4 Å². The number of piperidine rings is 2. The largest absolute Gasteiger partial charge is 0.490 e. The number of halogens is 1. The van der Waals surface area contributed by atoms with Crippen LogP contribution in [0.5, 0.6) is 5.75 Å². The van der Waals surface area contributed by atoms with Crippen LogP contribution in [0.25, 0.3) is 16.6 Å². The number of nitrogens with zero attached hydrogens (tertiary/aromatic N) is 5. The second-order valence-corrected chi connectivity index (χ2v) is 17.0. The lowest BCUT2D eigenvalue weighted by Crippen LogP contribution is -2.54. The molecule has 2 fully saturated rings. The number of aliphatic hydroxyl groups excluding tert-OH is 1. The zero-order valence-corrected chi connectivity index (χ0v) is 38.7. The third kappa shape index (κ3) is 10.9. The smallest absolute Gasteiger partial charge is 0.264 e. The minimum Gasteiger partial charge on any atom is -0.490 e. The summed E-state index contributed by atoms with van der Waals surface area (Å²) in [4.78, 5) is 92.3. The second kappa shape index (κ2) is 22.0. The van der Waals surface area contributed by atoms with E-state index >= 15 is 4.39 Å². The Morgan fingerprint density at radius 2 is 1.63 bits per heavy atom. The Morgan fingerprint density at radius 3 is 2.33 bits per heavy atom. The molecule has 0 spiro atoms. The van der Waals surface area contributed by atoms with Crippen molar-refractivity contribution in [3.63, 3.8) is 0 Å². The molecule has 0 saturated carbocycles. The number of ketones is 1. The number of rotatable bonds is 21. The van der Waals surface area contributed by atoms with Gasteiger partial charge in [-0.25, -0.2) is 4.39 Å². The Labute approximate surface area is 401 Å². The number of likely N-dealkylation sites (tertiary alicyclic amines) is 1. The number of anilines is 2. The van der Waals surface area contributed by atoms with Crippen LogP contribution in [0.1, 0.15) is 86.2 Å². The van der Waals surface area contributed by atoms with E-state index in [1.807, 2.05) is 0 Å². The van der Waals surface area contributed by atoms with Gasteiger partial charge < -0.3 is 44.0 Å². The molecule has 3 aliphatic heterocycles. The first kappa shape index (κ1) is 49.1. The van der Waals surface area contributed by atoms with Crippen molar-refractivity contribution < 1.29 is 62.0 Å². The number of imide groups is 2. The lowest BCUT2D eigenvalue weighted by atomic mass is 10.0. The van der Waals surface area contributed by atoms with E-state index in [9.17, 15) is 38.7 Å². The van der Waals surface area contributed by atoms with Crippen LogP contribution in [-0.2, 0) is 42.2 Å². The fourth-order valence-corrected chi connectivity index (χ4v) is 8.73. The van der Waals surface area contributed by atoms with Gasteiger partial charge in [0.05, 0.1) is 92.5 Å². The molecule has 0 bridgehead atoms. The van der Waals surface area contributed by atoms with Crippen LogP contribution in [0.2, 0.25) is 0 Å². The standard InChI is InChI=1S/C49H53FN8O12/c1-29(60)40-25-36(46(63)53-38-23-30(28-59)22-35(45(38)50)31-26-52-55(2)27-31)41-24-33(10-15-57(40)41)70-32-8-13-56(14-9-32)43(62)11-16-67-18-20-69-21-19-68-17-12-51-37-5-3-4-34-44(37)49(66)58(48(34)65)39-6-7-42(61)54-47(39)64/h3-5,10,15,22-27,32,39,51,59H,6-9,11-14,16-21,28H2,1-2H3,(H,53,63)(H,54,61,64). The number of carbonyl (C=O) groups is 7. The Balaban J connectivity index is 0.721. The van der Waals surface area contributed by atoms with Gasteiger partial charge in [0.15, 0.2) is 11.6 Å². The fourth-order valence-electron chi connectivity index (χ4n) is 8.73. The molecule has 2 saturated heterocycles. The van der Waals surface area contributed by atoms with Gasteiger partial charge in [-0.1, -0.05) is 6.07 Å². The highest BCUT2D eigenvalue weighted by atomic mass is 19.1. The predicted molar refractivity (Wildman–Crippen MR) is 249 cm³/mol. The van der Waals surface area contributed by atoms with Crippen LogP contribution in [-0.4, -0.2) is 142 Å². The maximum absolute atomic E-state index is 15.8. The van der Waals surface area contributed by atoms with E-state index in [2.05, 4.69) is 21.0 Å². The molecule has 5 aromatic rings. The SMILES string of the molecule is CC(=O)c1cc(C(=O)Nc2cc(CO)cc(-c3cnn(C)c3)c2F)c2cc(OC3CCN(C(=O)CCOCCOCCOCCNc4cccc5c4C(=O)N(C4CCC(=O)NC4=O)C5=O)CC3)ccn12. The van der Waals surface area contributed by atoms with Gasteiger partial charge in [-0.15, -0.1) is 0 Å². The number of Topliss-reactive ketones (excluding diaryl/α,β-unsaturated/α-hetero) is 1. The van der Waals surface area contributed by atoms with Gasteiger partial charge in [-0.3, -0.25) is 48.5 Å². The summed E-state index contributed by atoms with van der Waals surface area (Å²) in [5.74, 6) is -3.51. The molecule has 70 heavy (non-hydrogen) atoms. The van der Waals surface area contributed by atoms with Gasteiger partial charge in [-0.2, -0.15) is 5.10 Å². The summed E-state index contributed by atoms with van der Waals surface area (Å²) in [6, 6.07) is 11.5. The van der Waals surface area contributed by atoms with Crippen LogP contribution in [0, 0.1) is 5.82 Å². The van der Waals surface area contributed by atoms with Crippen molar-refractivity contribution in [3.8, 4) is 16.9 Å². The molecule has 1 atom stereocenters. The molecule has 368 valence electrons. The van der Waals surface area contributed by atoms with E-state index in [1.165, 1.54) is 42.1 Å². The van der Waals surface area contributed by atoms with Crippen molar-refractivity contribution in [3.05, 3.63) is 101 Å². The molecule has 6 heterocycles. The Hall–Kier alpha value is -7.33. The molecule has 0 radical (unpaired) electrons. The third-order valence-corrected chi connectivity index (χ3v) is 12.3. The number of hydrogen-bond acceptors (Lipinski definition) is 14. The van der Waals surface area contributed by atoms with Crippen LogP contribution >= 0.6 is 0 Å². The highest BCUT2D eigenvalue weighted by molar-refractivity contribution is 6.25. The number of amides is 6. The highest BCUT2D eigenvalue weighted by Gasteiger charge is 2.45. The summed E-state index contributed by atoms with van der Waals surface area (Å²) in [6.45, 7) is 3.99. The quantitative estimate of drug-likeness (QED) is 0.0466. The van der Waals surface area contributed by atoms with Crippen molar-refractivity contribution in [2.24, 2.45) is 7.05 Å². The Bertz CT molecular complexity index is 2830. The maximum Gasteiger partial charge on any atom is 0.264 e. The van der Waals surface area contributed by atoms with Crippen molar-refractivity contribution in [1.29, 1.82) is 0 Å². The number of pyridine rings is 1. The summed E-state index contributed by atoms with van der Waals surface area (Å²) in [7, 11) is 1.69. The summed E-state index contributed by atoms with van der Waals surface area (Å²) in [5, 5.41) is 21.9. The first-order valence-corrected chi connectivity index (χ1v) is 23.0. The number of aliphatic hydroxyl groups is 1. The minimum atomic E-state index is -1.05. The highest BCUT2D eigenvalue weighted by Crippen LogP contribution is 2.34. The summed E-state index contributed by atoms with van der Waals surface area (Å²) in [6.07, 6.45) is 5.97. The average Bonchev–Trinajstić information content (AvgIpc) is 4.03. The predicted octanol–water partition coefficient (Wildman–Crippen LogP) is 3.75. The molecule has 3 aromatic heterocycles.